The Balaban J connectivity index is 1.81. The number of hydrogen-bond acceptors (Lipinski definition) is 4. The highest BCUT2D eigenvalue weighted by atomic mass is 19.4. The van der Waals surface area contributed by atoms with Gasteiger partial charge in [0.15, 0.2) is 11.8 Å². The Labute approximate surface area is 154 Å². The zero-order valence-corrected chi connectivity index (χ0v) is 14.6. The SMILES string of the molecule is O=[N+]([O-])c1cc(C(F)(F)F)ccc1NC[C@H](c1ccco1)[NH+]1CCCCC1. The van der Waals surface area contributed by atoms with Crippen molar-refractivity contribution < 1.29 is 27.4 Å². The van der Waals surface area contributed by atoms with E-state index >= 15 is 0 Å². The van der Waals surface area contributed by atoms with Crippen molar-refractivity contribution in [3.05, 3.63) is 58.0 Å². The fourth-order valence-corrected chi connectivity index (χ4v) is 3.51. The first-order valence-corrected chi connectivity index (χ1v) is 8.84. The minimum Gasteiger partial charge on any atom is -0.463 e. The number of nitrogens with zero attached hydrogens (tertiary/aromatic N) is 1. The van der Waals surface area contributed by atoms with Crippen LogP contribution < -0.4 is 10.2 Å². The molecule has 1 saturated heterocycles. The second-order valence-corrected chi connectivity index (χ2v) is 6.65. The Bertz CT molecular complexity index is 772. The minimum absolute atomic E-state index is 0.0674. The van der Waals surface area contributed by atoms with Crippen LogP contribution in [-0.4, -0.2) is 24.6 Å². The average Bonchev–Trinajstić information content (AvgIpc) is 3.16. The molecule has 0 spiro atoms. The van der Waals surface area contributed by atoms with E-state index in [1.54, 1.807) is 12.3 Å². The molecule has 0 saturated carbocycles. The standard InChI is InChI=1S/C18H20F3N3O3/c19-18(20,21)13-6-7-14(15(11-13)24(25)26)22-12-16(17-5-4-10-27-17)23-8-2-1-3-9-23/h4-7,10-11,16,22H,1-3,8-9,12H2/p+1/t16-/m1/s1. The number of likely N-dealkylation sites (tertiary alicyclic amines) is 1. The van der Waals surface area contributed by atoms with Gasteiger partial charge < -0.3 is 14.6 Å². The molecule has 0 amide bonds. The van der Waals surface area contributed by atoms with Crippen LogP contribution in [-0.2, 0) is 6.18 Å². The van der Waals surface area contributed by atoms with E-state index in [1.807, 2.05) is 6.07 Å². The number of anilines is 1. The van der Waals surface area contributed by atoms with Gasteiger partial charge in [-0.2, -0.15) is 13.2 Å². The predicted octanol–water partition coefficient (Wildman–Crippen LogP) is 3.43. The molecule has 1 aliphatic rings. The molecule has 0 bridgehead atoms. The largest absolute Gasteiger partial charge is 0.463 e. The summed E-state index contributed by atoms with van der Waals surface area (Å²) < 4.78 is 44.1. The van der Waals surface area contributed by atoms with Crippen LogP contribution >= 0.6 is 0 Å². The van der Waals surface area contributed by atoms with E-state index in [1.165, 1.54) is 11.3 Å². The summed E-state index contributed by atoms with van der Waals surface area (Å²) in [6.07, 6.45) is 0.302. The number of furan rings is 1. The Hall–Kier alpha value is -2.55. The summed E-state index contributed by atoms with van der Waals surface area (Å²) >= 11 is 0. The maximum Gasteiger partial charge on any atom is 0.416 e. The van der Waals surface area contributed by atoms with Crippen LogP contribution in [0.5, 0.6) is 0 Å². The topological polar surface area (TPSA) is 72.8 Å². The maximum atomic E-state index is 12.8. The van der Waals surface area contributed by atoms with Crippen molar-refractivity contribution in [1.29, 1.82) is 0 Å². The van der Waals surface area contributed by atoms with Crippen LogP contribution in [0.4, 0.5) is 24.5 Å². The zero-order valence-electron chi connectivity index (χ0n) is 14.6. The third kappa shape index (κ3) is 4.60. The third-order valence-corrected chi connectivity index (χ3v) is 4.89. The molecule has 27 heavy (non-hydrogen) atoms. The van der Waals surface area contributed by atoms with E-state index in [2.05, 4.69) is 5.32 Å². The van der Waals surface area contributed by atoms with Gasteiger partial charge in [-0.25, -0.2) is 0 Å². The Morgan fingerprint density at radius 2 is 1.96 bits per heavy atom. The van der Waals surface area contributed by atoms with Gasteiger partial charge in [0.05, 0.1) is 36.4 Å². The Morgan fingerprint density at radius 1 is 1.22 bits per heavy atom. The smallest absolute Gasteiger partial charge is 0.416 e. The van der Waals surface area contributed by atoms with Gasteiger partial charge in [-0.1, -0.05) is 0 Å². The molecular weight excluding hydrogens is 363 g/mol. The van der Waals surface area contributed by atoms with Gasteiger partial charge in [0, 0.05) is 6.07 Å². The van der Waals surface area contributed by atoms with Gasteiger partial charge in [-0.3, -0.25) is 10.1 Å². The highest BCUT2D eigenvalue weighted by Gasteiger charge is 2.34. The number of alkyl halides is 3. The molecule has 1 atom stereocenters. The van der Waals surface area contributed by atoms with Gasteiger partial charge in [0.25, 0.3) is 5.69 Å². The highest BCUT2D eigenvalue weighted by molar-refractivity contribution is 5.63. The van der Waals surface area contributed by atoms with Crippen LogP contribution in [0, 0.1) is 10.1 Å². The number of benzene rings is 1. The maximum absolute atomic E-state index is 12.8. The monoisotopic (exact) mass is 384 g/mol. The molecule has 0 radical (unpaired) electrons. The van der Waals surface area contributed by atoms with Crippen LogP contribution in [0.2, 0.25) is 0 Å². The molecule has 1 aromatic heterocycles. The van der Waals surface area contributed by atoms with Crippen LogP contribution in [0.15, 0.2) is 41.0 Å². The third-order valence-electron chi connectivity index (χ3n) is 4.89. The lowest BCUT2D eigenvalue weighted by molar-refractivity contribution is -0.935. The number of halogens is 3. The lowest BCUT2D eigenvalue weighted by Gasteiger charge is -2.30. The number of hydrogen-bond donors (Lipinski definition) is 2. The van der Waals surface area contributed by atoms with Gasteiger partial charge in [-0.15, -0.1) is 0 Å². The van der Waals surface area contributed by atoms with Crippen LogP contribution in [0.1, 0.15) is 36.6 Å². The first-order valence-electron chi connectivity index (χ1n) is 8.84. The quantitative estimate of drug-likeness (QED) is 0.591. The van der Waals surface area contributed by atoms with Crippen molar-refractivity contribution in [2.45, 2.75) is 31.5 Å². The lowest BCUT2D eigenvalue weighted by atomic mass is 10.1. The Kier molecular flexibility index (Phi) is 5.69. The normalized spacial score (nSPS) is 16.9. The first kappa shape index (κ1) is 19.2. The number of nitro groups is 1. The van der Waals surface area contributed by atoms with E-state index in [9.17, 15) is 23.3 Å². The van der Waals surface area contributed by atoms with E-state index in [0.717, 1.165) is 43.8 Å². The summed E-state index contributed by atoms with van der Waals surface area (Å²) in [5, 5.41) is 14.2. The molecule has 1 fully saturated rings. The molecule has 9 heteroatoms. The molecule has 0 unspecified atom stereocenters. The molecule has 6 nitrogen and oxygen atoms in total. The highest BCUT2D eigenvalue weighted by Crippen LogP contribution is 2.35. The summed E-state index contributed by atoms with van der Waals surface area (Å²) in [7, 11) is 0. The van der Waals surface area contributed by atoms with Crippen molar-refractivity contribution in [3.63, 3.8) is 0 Å². The van der Waals surface area contributed by atoms with Gasteiger partial charge >= 0.3 is 6.18 Å². The number of rotatable bonds is 6. The van der Waals surface area contributed by atoms with E-state index < -0.39 is 22.4 Å². The minimum atomic E-state index is -4.63. The van der Waals surface area contributed by atoms with Crippen molar-refractivity contribution in [2.24, 2.45) is 0 Å². The van der Waals surface area contributed by atoms with Crippen molar-refractivity contribution in [3.8, 4) is 0 Å². The zero-order chi connectivity index (χ0) is 19.4. The molecule has 2 N–H and O–H groups in total. The Morgan fingerprint density at radius 3 is 2.56 bits per heavy atom. The summed E-state index contributed by atoms with van der Waals surface area (Å²) in [6.45, 7) is 2.25. The van der Waals surface area contributed by atoms with Crippen LogP contribution in [0.25, 0.3) is 0 Å². The van der Waals surface area contributed by atoms with Crippen molar-refractivity contribution in [1.82, 2.24) is 0 Å². The average molecular weight is 384 g/mol. The fourth-order valence-electron chi connectivity index (χ4n) is 3.51. The summed E-state index contributed by atoms with van der Waals surface area (Å²) in [6, 6.07) is 6.11. The summed E-state index contributed by atoms with van der Waals surface area (Å²) in [5.74, 6) is 0.758. The van der Waals surface area contributed by atoms with E-state index in [-0.39, 0.29) is 11.7 Å². The lowest BCUT2D eigenvalue weighted by Crippen LogP contribution is -3.13. The summed E-state index contributed by atoms with van der Waals surface area (Å²) in [4.78, 5) is 11.8. The number of nitro benzene ring substituents is 1. The van der Waals surface area contributed by atoms with Crippen molar-refractivity contribution >= 4 is 11.4 Å². The number of quaternary nitrogens is 1. The van der Waals surface area contributed by atoms with Crippen molar-refractivity contribution in [2.75, 3.05) is 25.0 Å². The van der Waals surface area contributed by atoms with Gasteiger partial charge in [0.1, 0.15) is 5.69 Å². The molecular formula is C18H21F3N3O3+. The van der Waals surface area contributed by atoms with Crippen LogP contribution in [0.3, 0.4) is 0 Å². The van der Waals surface area contributed by atoms with E-state index in [4.69, 9.17) is 4.42 Å². The molecule has 2 heterocycles. The molecule has 1 aromatic carbocycles. The fraction of sp³-hybridized carbons (Fsp3) is 0.444. The van der Waals surface area contributed by atoms with Gasteiger partial charge in [-0.05, 0) is 43.5 Å². The second kappa shape index (κ2) is 7.99. The molecule has 3 rings (SSSR count). The molecule has 146 valence electrons. The molecule has 1 aliphatic heterocycles. The summed E-state index contributed by atoms with van der Waals surface area (Å²) in [5.41, 5.74) is -1.55. The number of nitrogens with one attached hydrogen (secondary N) is 2. The van der Waals surface area contributed by atoms with Gasteiger partial charge in [0.2, 0.25) is 0 Å². The molecule has 2 aromatic rings. The second-order valence-electron chi connectivity index (χ2n) is 6.65. The van der Waals surface area contributed by atoms with E-state index in [0.29, 0.717) is 12.6 Å². The first-order chi connectivity index (χ1) is 12.9. The number of piperidine rings is 1. The molecule has 0 aliphatic carbocycles. The predicted molar refractivity (Wildman–Crippen MR) is 92.6 cm³/mol.